The van der Waals surface area contributed by atoms with E-state index in [2.05, 4.69) is 15.7 Å². The van der Waals surface area contributed by atoms with Gasteiger partial charge in [0.05, 0.1) is 11.8 Å². The number of nitrogens with one attached hydrogen (secondary N) is 2. The average molecular weight is 442 g/mol. The lowest BCUT2D eigenvalue weighted by Gasteiger charge is -2.26. The van der Waals surface area contributed by atoms with Crippen molar-refractivity contribution in [3.8, 4) is 0 Å². The fourth-order valence-corrected chi connectivity index (χ4v) is 3.31. The van der Waals surface area contributed by atoms with Gasteiger partial charge in [-0.2, -0.15) is 5.10 Å². The Morgan fingerprint density at radius 1 is 1.25 bits per heavy atom. The molecule has 1 aromatic carbocycles. The molecule has 1 aromatic heterocycles. The molecule has 1 atom stereocenters. The predicted molar refractivity (Wildman–Crippen MR) is 122 cm³/mol. The summed E-state index contributed by atoms with van der Waals surface area (Å²) >= 11 is 0. The molecule has 0 saturated carbocycles. The maximum Gasteiger partial charge on any atom is 0.256 e. The Bertz CT molecular complexity index is 940. The van der Waals surface area contributed by atoms with Crippen LogP contribution in [0.2, 0.25) is 0 Å². The van der Waals surface area contributed by atoms with Crippen LogP contribution in [0.4, 0.5) is 5.69 Å². The van der Waals surface area contributed by atoms with Gasteiger partial charge in [-0.1, -0.05) is 12.1 Å². The lowest BCUT2D eigenvalue weighted by atomic mass is 10.0. The summed E-state index contributed by atoms with van der Waals surface area (Å²) in [7, 11) is 1.64. The summed E-state index contributed by atoms with van der Waals surface area (Å²) in [4.78, 5) is 48.2. The first-order valence-corrected chi connectivity index (χ1v) is 10.7. The second-order valence-electron chi connectivity index (χ2n) is 7.79. The van der Waals surface area contributed by atoms with Gasteiger partial charge < -0.3 is 10.2 Å². The highest BCUT2D eigenvalue weighted by Gasteiger charge is 2.23. The number of imide groups is 1. The Morgan fingerprint density at radius 2 is 2.03 bits per heavy atom. The molecule has 0 aliphatic carbocycles. The van der Waals surface area contributed by atoms with Crippen molar-refractivity contribution in [1.29, 1.82) is 0 Å². The van der Waals surface area contributed by atoms with Crippen LogP contribution in [0.25, 0.3) is 0 Å². The lowest BCUT2D eigenvalue weighted by Crippen LogP contribution is -2.37. The minimum Gasteiger partial charge on any atom is -0.384 e. The summed E-state index contributed by atoms with van der Waals surface area (Å²) in [5.74, 6) is -0.695. The summed E-state index contributed by atoms with van der Waals surface area (Å²) in [6, 6.07) is 4.88. The molecule has 0 bridgehead atoms. The predicted octanol–water partition coefficient (Wildman–Crippen LogP) is 2.41. The number of aldehydes is 1. The summed E-state index contributed by atoms with van der Waals surface area (Å²) in [5, 5.41) is 9.64. The highest BCUT2D eigenvalue weighted by Crippen LogP contribution is 2.22. The smallest absolute Gasteiger partial charge is 0.256 e. The van der Waals surface area contributed by atoms with E-state index in [9.17, 15) is 19.2 Å². The molecular weight excluding hydrogens is 410 g/mol. The van der Waals surface area contributed by atoms with E-state index in [4.69, 9.17) is 0 Å². The van der Waals surface area contributed by atoms with E-state index < -0.39 is 5.91 Å². The number of rotatable bonds is 13. The van der Waals surface area contributed by atoms with Gasteiger partial charge in [-0.3, -0.25) is 29.2 Å². The standard InChI is InChI=1S/C23H31N5O4/c1-17-13-26-28(14-17)12-5-4-11-24-20-8-6-7-19(15-29)22(20)23(32)27(3)18(2)9-10-21(31)25-16-30/h6-8,13-16,18,24H,4-5,9-12H2,1-3H3,(H,25,30,31). The van der Waals surface area contributed by atoms with E-state index in [1.54, 1.807) is 25.2 Å². The second-order valence-corrected chi connectivity index (χ2v) is 7.79. The topological polar surface area (TPSA) is 113 Å². The molecule has 9 heteroatoms. The second kappa shape index (κ2) is 12.4. The van der Waals surface area contributed by atoms with Crippen LogP contribution in [0.5, 0.6) is 0 Å². The zero-order chi connectivity index (χ0) is 23.5. The van der Waals surface area contributed by atoms with E-state index in [1.165, 1.54) is 4.90 Å². The molecule has 2 aromatic rings. The molecule has 3 amide bonds. The normalized spacial score (nSPS) is 11.5. The van der Waals surface area contributed by atoms with Gasteiger partial charge in [-0.05, 0) is 44.7 Å². The van der Waals surface area contributed by atoms with Crippen molar-refractivity contribution in [3.05, 3.63) is 47.3 Å². The van der Waals surface area contributed by atoms with E-state index in [-0.39, 0.29) is 18.4 Å². The summed E-state index contributed by atoms with van der Waals surface area (Å²) < 4.78 is 1.91. The molecule has 2 rings (SSSR count). The zero-order valence-electron chi connectivity index (χ0n) is 18.8. The molecule has 32 heavy (non-hydrogen) atoms. The Balaban J connectivity index is 1.99. The van der Waals surface area contributed by atoms with Crippen molar-refractivity contribution in [3.63, 3.8) is 0 Å². The van der Waals surface area contributed by atoms with E-state index in [0.29, 0.717) is 42.5 Å². The molecule has 0 aliphatic heterocycles. The van der Waals surface area contributed by atoms with Crippen molar-refractivity contribution in [2.75, 3.05) is 18.9 Å². The quantitative estimate of drug-likeness (QED) is 0.365. The maximum atomic E-state index is 13.2. The fourth-order valence-electron chi connectivity index (χ4n) is 3.31. The Hall–Kier alpha value is -3.49. The van der Waals surface area contributed by atoms with Gasteiger partial charge in [0.25, 0.3) is 5.91 Å². The number of nitrogens with zero attached hydrogens (tertiary/aromatic N) is 3. The van der Waals surface area contributed by atoms with Crippen molar-refractivity contribution in [1.82, 2.24) is 20.0 Å². The van der Waals surface area contributed by atoms with Gasteiger partial charge in [-0.25, -0.2) is 0 Å². The first-order valence-electron chi connectivity index (χ1n) is 10.7. The van der Waals surface area contributed by atoms with Gasteiger partial charge in [-0.15, -0.1) is 0 Å². The molecule has 0 aliphatic rings. The third-order valence-corrected chi connectivity index (χ3v) is 5.32. The number of unbranched alkanes of at least 4 members (excludes halogenated alkanes) is 1. The molecule has 0 spiro atoms. The van der Waals surface area contributed by atoms with Crippen LogP contribution < -0.4 is 10.6 Å². The number of anilines is 1. The number of carbonyl (C=O) groups is 4. The Kier molecular flexibility index (Phi) is 9.59. The SMILES string of the molecule is Cc1cnn(CCCCNc2cccc(C=O)c2C(=O)N(C)C(C)CCC(=O)NC=O)c1. The highest BCUT2D eigenvalue weighted by molar-refractivity contribution is 6.06. The largest absolute Gasteiger partial charge is 0.384 e. The third-order valence-electron chi connectivity index (χ3n) is 5.32. The van der Waals surface area contributed by atoms with Crippen molar-refractivity contribution >= 4 is 30.2 Å². The number of hydrogen-bond donors (Lipinski definition) is 2. The van der Waals surface area contributed by atoms with E-state index >= 15 is 0 Å². The van der Waals surface area contributed by atoms with Crippen LogP contribution in [0.15, 0.2) is 30.6 Å². The Morgan fingerprint density at radius 3 is 2.69 bits per heavy atom. The Labute approximate surface area is 188 Å². The first-order chi connectivity index (χ1) is 15.4. The van der Waals surface area contributed by atoms with Crippen LogP contribution in [0.3, 0.4) is 0 Å². The molecule has 1 heterocycles. The van der Waals surface area contributed by atoms with E-state index in [0.717, 1.165) is 24.9 Å². The van der Waals surface area contributed by atoms with Crippen molar-refractivity contribution in [2.45, 2.75) is 52.1 Å². The average Bonchev–Trinajstić information content (AvgIpc) is 3.21. The first kappa shape index (κ1) is 24.8. The zero-order valence-corrected chi connectivity index (χ0v) is 18.8. The van der Waals surface area contributed by atoms with Crippen LogP contribution in [-0.2, 0) is 16.1 Å². The summed E-state index contributed by atoms with van der Waals surface area (Å²) in [5.41, 5.74) is 2.36. The maximum absolute atomic E-state index is 13.2. The molecule has 0 radical (unpaired) electrons. The molecule has 9 nitrogen and oxygen atoms in total. The van der Waals surface area contributed by atoms with Gasteiger partial charge in [0.15, 0.2) is 6.29 Å². The van der Waals surface area contributed by atoms with Gasteiger partial charge >= 0.3 is 0 Å². The molecule has 2 N–H and O–H groups in total. The summed E-state index contributed by atoms with van der Waals surface area (Å²) in [6.07, 6.45) is 7.14. The number of carbonyl (C=O) groups excluding carboxylic acids is 4. The lowest BCUT2D eigenvalue weighted by molar-refractivity contribution is -0.125. The number of hydrogen-bond acceptors (Lipinski definition) is 6. The van der Waals surface area contributed by atoms with Crippen molar-refractivity contribution < 1.29 is 19.2 Å². The third kappa shape index (κ3) is 7.04. The van der Waals surface area contributed by atoms with E-state index in [1.807, 2.05) is 30.9 Å². The van der Waals surface area contributed by atoms with Crippen LogP contribution in [-0.4, -0.2) is 58.8 Å². The molecule has 0 saturated heterocycles. The number of aryl methyl sites for hydroxylation is 2. The van der Waals surface area contributed by atoms with Crippen LogP contribution in [0, 0.1) is 6.92 Å². The minimum absolute atomic E-state index is 0.119. The molecule has 172 valence electrons. The monoisotopic (exact) mass is 441 g/mol. The molecule has 0 fully saturated rings. The van der Waals surface area contributed by atoms with Crippen molar-refractivity contribution in [2.24, 2.45) is 0 Å². The number of amides is 3. The number of benzene rings is 1. The minimum atomic E-state index is -0.395. The molecule has 1 unspecified atom stereocenters. The number of aromatic nitrogens is 2. The highest BCUT2D eigenvalue weighted by atomic mass is 16.2. The molecular formula is C23H31N5O4. The fraction of sp³-hybridized carbons (Fsp3) is 0.435. The van der Waals surface area contributed by atoms with Gasteiger partial charge in [0.1, 0.15) is 0 Å². The van der Waals surface area contributed by atoms with Gasteiger partial charge in [0, 0.05) is 50.0 Å². The summed E-state index contributed by atoms with van der Waals surface area (Å²) in [6.45, 7) is 5.28. The van der Waals surface area contributed by atoms with Gasteiger partial charge in [0.2, 0.25) is 12.3 Å². The van der Waals surface area contributed by atoms with Crippen LogP contribution in [0.1, 0.15) is 58.9 Å². The van der Waals surface area contributed by atoms with Crippen LogP contribution >= 0.6 is 0 Å².